The highest BCUT2D eigenvalue weighted by atomic mass is 16.5. The molecular weight excluding hydrogens is 320 g/mol. The van der Waals surface area contributed by atoms with Crippen LogP contribution in [0.4, 0.5) is 0 Å². The van der Waals surface area contributed by atoms with Gasteiger partial charge in [-0.25, -0.2) is 4.98 Å². The van der Waals surface area contributed by atoms with Gasteiger partial charge in [0, 0.05) is 37.4 Å². The largest absolute Gasteiger partial charge is 0.497 e. The lowest BCUT2D eigenvalue weighted by molar-refractivity contribution is 0.0775. The second kappa shape index (κ2) is 7.25. The lowest BCUT2D eigenvalue weighted by Gasteiger charge is -2.20. The van der Waals surface area contributed by atoms with Gasteiger partial charge in [-0.3, -0.25) is 4.79 Å². The van der Waals surface area contributed by atoms with E-state index in [2.05, 4.69) is 15.3 Å². The maximum Gasteiger partial charge on any atom is 0.274 e. The fourth-order valence-electron chi connectivity index (χ4n) is 3.11. The average Bonchev–Trinajstić information content (AvgIpc) is 3.19. The van der Waals surface area contributed by atoms with E-state index in [9.17, 15) is 9.90 Å². The Hall–Kier alpha value is -2.38. The summed E-state index contributed by atoms with van der Waals surface area (Å²) in [6.45, 7) is 2.96. The number of aliphatic hydroxyl groups excluding tert-OH is 1. The number of methoxy groups -OCH3 is 1. The van der Waals surface area contributed by atoms with Crippen molar-refractivity contribution in [3.63, 3.8) is 0 Å². The van der Waals surface area contributed by atoms with Crippen molar-refractivity contribution in [1.29, 1.82) is 0 Å². The first-order valence-electron chi connectivity index (χ1n) is 8.36. The highest BCUT2D eigenvalue weighted by Crippen LogP contribution is 2.23. The topological polar surface area (TPSA) is 90.5 Å². The van der Waals surface area contributed by atoms with Crippen molar-refractivity contribution in [2.24, 2.45) is 0 Å². The maximum atomic E-state index is 12.7. The molecule has 7 heteroatoms. The number of likely N-dealkylation sites (N-methyl/N-ethyl adjacent to an activating group) is 1. The van der Waals surface area contributed by atoms with E-state index in [4.69, 9.17) is 4.74 Å². The van der Waals surface area contributed by atoms with Crippen molar-refractivity contribution >= 4 is 5.91 Å². The number of H-pyrrole nitrogens is 1. The van der Waals surface area contributed by atoms with Crippen LogP contribution in [0.15, 0.2) is 24.3 Å². The van der Waals surface area contributed by atoms with Gasteiger partial charge >= 0.3 is 0 Å². The van der Waals surface area contributed by atoms with Crippen LogP contribution in [0.5, 0.6) is 5.75 Å². The predicted octanol–water partition coefficient (Wildman–Crippen LogP) is 1.19. The fourth-order valence-corrected chi connectivity index (χ4v) is 3.11. The summed E-state index contributed by atoms with van der Waals surface area (Å²) in [5, 5.41) is 12.8. The van der Waals surface area contributed by atoms with E-state index >= 15 is 0 Å². The highest BCUT2D eigenvalue weighted by molar-refractivity contribution is 5.94. The Kier molecular flexibility index (Phi) is 5.06. The van der Waals surface area contributed by atoms with Crippen LogP contribution in [-0.4, -0.2) is 65.3 Å². The predicted molar refractivity (Wildman–Crippen MR) is 94.7 cm³/mol. The minimum atomic E-state index is -0.333. The summed E-state index contributed by atoms with van der Waals surface area (Å²) < 4.78 is 5.24. The molecule has 0 bridgehead atoms. The molecule has 1 fully saturated rings. The minimum absolute atomic E-state index is 0.112. The van der Waals surface area contributed by atoms with E-state index in [1.807, 2.05) is 31.2 Å². The number of carbonyl (C=O) groups excluding carboxylic acids is 1. The first kappa shape index (κ1) is 17.4. The van der Waals surface area contributed by atoms with Gasteiger partial charge in [-0.15, -0.1) is 0 Å². The lowest BCUT2D eigenvalue weighted by Crippen LogP contribution is -2.39. The summed E-state index contributed by atoms with van der Waals surface area (Å²) >= 11 is 0. The van der Waals surface area contributed by atoms with Crippen molar-refractivity contribution in [1.82, 2.24) is 20.2 Å². The van der Waals surface area contributed by atoms with Crippen molar-refractivity contribution in [2.75, 3.05) is 27.2 Å². The molecule has 0 aliphatic carbocycles. The molecule has 1 aromatic heterocycles. The molecule has 0 unspecified atom stereocenters. The Morgan fingerprint density at radius 3 is 2.96 bits per heavy atom. The van der Waals surface area contributed by atoms with Crippen molar-refractivity contribution in [3.05, 3.63) is 35.7 Å². The molecule has 0 spiro atoms. The van der Waals surface area contributed by atoms with Crippen LogP contribution >= 0.6 is 0 Å². The third kappa shape index (κ3) is 3.83. The quantitative estimate of drug-likeness (QED) is 0.758. The molecule has 25 heavy (non-hydrogen) atoms. The van der Waals surface area contributed by atoms with Crippen LogP contribution < -0.4 is 10.1 Å². The van der Waals surface area contributed by atoms with Crippen molar-refractivity contribution in [3.8, 4) is 17.1 Å². The molecule has 3 N–H and O–H groups in total. The number of carbonyl (C=O) groups is 1. The summed E-state index contributed by atoms with van der Waals surface area (Å²) in [5.74, 6) is 1.25. The SMILES string of the molecule is COc1cccc(-c2nc(C(=O)N(C)C[C@@H]3C[C@@H](O)CN3)c(C)[nH]2)c1. The molecule has 0 radical (unpaired) electrons. The number of nitrogens with zero attached hydrogens (tertiary/aromatic N) is 2. The number of hydrogen-bond donors (Lipinski definition) is 3. The van der Waals surface area contributed by atoms with Gasteiger partial charge in [0.05, 0.1) is 13.2 Å². The third-order valence-electron chi connectivity index (χ3n) is 4.47. The summed E-state index contributed by atoms with van der Waals surface area (Å²) in [7, 11) is 3.37. The molecule has 2 atom stereocenters. The zero-order chi connectivity index (χ0) is 18.0. The molecule has 2 aromatic rings. The lowest BCUT2D eigenvalue weighted by atomic mass is 10.2. The summed E-state index contributed by atoms with van der Waals surface area (Å²) in [4.78, 5) is 22.1. The molecular formula is C18H24N4O3. The fraction of sp³-hybridized carbons (Fsp3) is 0.444. The molecule has 1 aliphatic heterocycles. The standard InChI is InChI=1S/C18H24N4O3/c1-11-16(18(24)22(2)10-13-8-14(23)9-19-13)21-17(20-11)12-5-4-6-15(7-12)25-3/h4-7,13-14,19,23H,8-10H2,1-3H3,(H,20,21)/t13-,14+/m0/s1. The van der Waals surface area contributed by atoms with Crippen LogP contribution in [0.2, 0.25) is 0 Å². The first-order valence-corrected chi connectivity index (χ1v) is 8.36. The number of aryl methyl sites for hydroxylation is 1. The number of aromatic nitrogens is 2. The summed E-state index contributed by atoms with van der Waals surface area (Å²) in [6, 6.07) is 7.66. The van der Waals surface area contributed by atoms with E-state index in [0.717, 1.165) is 17.0 Å². The molecule has 1 saturated heterocycles. The highest BCUT2D eigenvalue weighted by Gasteiger charge is 2.26. The second-order valence-electron chi connectivity index (χ2n) is 6.47. The second-order valence-corrected chi connectivity index (χ2v) is 6.47. The zero-order valence-corrected chi connectivity index (χ0v) is 14.7. The van der Waals surface area contributed by atoms with Gasteiger partial charge in [-0.05, 0) is 25.5 Å². The van der Waals surface area contributed by atoms with Crippen LogP contribution in [0.25, 0.3) is 11.4 Å². The first-order chi connectivity index (χ1) is 12.0. The van der Waals surface area contributed by atoms with E-state index in [1.54, 1.807) is 19.1 Å². The van der Waals surface area contributed by atoms with Crippen molar-refractivity contribution in [2.45, 2.75) is 25.5 Å². The van der Waals surface area contributed by atoms with Gasteiger partial charge in [0.15, 0.2) is 0 Å². The molecule has 134 valence electrons. The number of hydrogen-bond acceptors (Lipinski definition) is 5. The van der Waals surface area contributed by atoms with Gasteiger partial charge in [-0.2, -0.15) is 0 Å². The molecule has 2 heterocycles. The number of nitrogens with one attached hydrogen (secondary N) is 2. The number of rotatable bonds is 5. The molecule has 0 saturated carbocycles. The number of imidazole rings is 1. The minimum Gasteiger partial charge on any atom is -0.497 e. The van der Waals surface area contributed by atoms with E-state index < -0.39 is 0 Å². The van der Waals surface area contributed by atoms with Gasteiger partial charge in [-0.1, -0.05) is 12.1 Å². The molecule has 1 aliphatic rings. The number of β-amino-alcohol motifs (C(OH)–C–C–N with tert-alkyl or cyclic N) is 1. The van der Waals surface area contributed by atoms with Crippen molar-refractivity contribution < 1.29 is 14.6 Å². The Morgan fingerprint density at radius 2 is 2.28 bits per heavy atom. The average molecular weight is 344 g/mol. The Bertz CT molecular complexity index is 759. The summed E-state index contributed by atoms with van der Waals surface area (Å²) in [6.07, 6.45) is 0.326. The number of aliphatic hydroxyl groups is 1. The van der Waals surface area contributed by atoms with Gasteiger partial charge < -0.3 is 25.0 Å². The number of aromatic amines is 1. The van der Waals surface area contributed by atoms with E-state index in [-0.39, 0.29) is 18.1 Å². The summed E-state index contributed by atoms with van der Waals surface area (Å²) in [5.41, 5.74) is 2.01. The molecule has 7 nitrogen and oxygen atoms in total. The van der Waals surface area contributed by atoms with Crippen LogP contribution in [-0.2, 0) is 0 Å². The Balaban J connectivity index is 1.75. The third-order valence-corrected chi connectivity index (χ3v) is 4.47. The zero-order valence-electron chi connectivity index (χ0n) is 14.7. The number of amides is 1. The Morgan fingerprint density at radius 1 is 1.48 bits per heavy atom. The van der Waals surface area contributed by atoms with E-state index in [1.165, 1.54) is 0 Å². The number of ether oxygens (including phenoxy) is 1. The normalized spacial score (nSPS) is 19.8. The molecule has 1 amide bonds. The van der Waals surface area contributed by atoms with Gasteiger partial charge in [0.1, 0.15) is 17.3 Å². The smallest absolute Gasteiger partial charge is 0.274 e. The van der Waals surface area contributed by atoms with Crippen LogP contribution in [0, 0.1) is 6.92 Å². The van der Waals surface area contributed by atoms with Crippen LogP contribution in [0.3, 0.4) is 0 Å². The molecule has 3 rings (SSSR count). The monoisotopic (exact) mass is 344 g/mol. The van der Waals surface area contributed by atoms with Crippen LogP contribution in [0.1, 0.15) is 22.6 Å². The Labute approximate surface area is 147 Å². The molecule has 1 aromatic carbocycles. The van der Waals surface area contributed by atoms with Gasteiger partial charge in [0.25, 0.3) is 5.91 Å². The number of benzene rings is 1. The maximum absolute atomic E-state index is 12.7. The van der Waals surface area contributed by atoms with E-state index in [0.29, 0.717) is 31.0 Å². The van der Waals surface area contributed by atoms with Gasteiger partial charge in [0.2, 0.25) is 0 Å².